The Morgan fingerprint density at radius 2 is 2.12 bits per heavy atom. The molecule has 0 unspecified atom stereocenters. The normalized spacial score (nSPS) is 14.0. The SMILES string of the molecule is CC(=O)N1CCc2cc(S(=O)(=O)NCc3ncc4ccccn34)ccc21. The van der Waals surface area contributed by atoms with E-state index >= 15 is 0 Å². The van der Waals surface area contributed by atoms with Crippen molar-refractivity contribution in [1.29, 1.82) is 0 Å². The van der Waals surface area contributed by atoms with Gasteiger partial charge in [0.15, 0.2) is 0 Å². The first-order chi connectivity index (χ1) is 12.5. The maximum absolute atomic E-state index is 12.7. The van der Waals surface area contributed by atoms with Crippen molar-refractivity contribution < 1.29 is 13.2 Å². The summed E-state index contributed by atoms with van der Waals surface area (Å²) in [6.45, 7) is 2.19. The Balaban J connectivity index is 1.57. The molecule has 2 aromatic heterocycles. The molecular weight excluding hydrogens is 352 g/mol. The first kappa shape index (κ1) is 16.7. The highest BCUT2D eigenvalue weighted by Crippen LogP contribution is 2.30. The number of benzene rings is 1. The lowest BCUT2D eigenvalue weighted by atomic mass is 10.2. The molecule has 7 nitrogen and oxygen atoms in total. The molecule has 0 spiro atoms. The maximum atomic E-state index is 12.7. The van der Waals surface area contributed by atoms with Crippen molar-refractivity contribution in [3.63, 3.8) is 0 Å². The van der Waals surface area contributed by atoms with Crippen LogP contribution < -0.4 is 9.62 Å². The Hall–Kier alpha value is -2.71. The number of carbonyl (C=O) groups excluding carboxylic acids is 1. The number of aromatic nitrogens is 2. The molecule has 1 aromatic carbocycles. The van der Waals surface area contributed by atoms with Crippen LogP contribution in [0.5, 0.6) is 0 Å². The fourth-order valence-electron chi connectivity index (χ4n) is 3.25. The third-order valence-electron chi connectivity index (χ3n) is 4.57. The van der Waals surface area contributed by atoms with E-state index in [1.54, 1.807) is 23.2 Å². The maximum Gasteiger partial charge on any atom is 0.240 e. The van der Waals surface area contributed by atoms with Gasteiger partial charge in [0, 0.05) is 25.4 Å². The van der Waals surface area contributed by atoms with E-state index in [4.69, 9.17) is 0 Å². The molecule has 0 saturated heterocycles. The third kappa shape index (κ3) is 2.87. The average Bonchev–Trinajstić information content (AvgIpc) is 3.23. The van der Waals surface area contributed by atoms with Crippen molar-refractivity contribution in [3.8, 4) is 0 Å². The highest BCUT2D eigenvalue weighted by molar-refractivity contribution is 7.89. The summed E-state index contributed by atoms with van der Waals surface area (Å²) < 4.78 is 29.7. The van der Waals surface area contributed by atoms with E-state index in [2.05, 4.69) is 9.71 Å². The molecule has 1 amide bonds. The topological polar surface area (TPSA) is 83.8 Å². The van der Waals surface area contributed by atoms with E-state index in [-0.39, 0.29) is 17.3 Å². The van der Waals surface area contributed by atoms with Gasteiger partial charge in [0.2, 0.25) is 15.9 Å². The summed E-state index contributed by atoms with van der Waals surface area (Å²) in [6.07, 6.45) is 4.20. The molecule has 8 heteroatoms. The van der Waals surface area contributed by atoms with E-state index in [9.17, 15) is 13.2 Å². The highest BCUT2D eigenvalue weighted by Gasteiger charge is 2.24. The van der Waals surface area contributed by atoms with E-state index in [0.29, 0.717) is 18.8 Å². The van der Waals surface area contributed by atoms with Crippen LogP contribution in [0.2, 0.25) is 0 Å². The fourth-order valence-corrected chi connectivity index (χ4v) is 4.28. The van der Waals surface area contributed by atoms with Gasteiger partial charge in [0.1, 0.15) is 5.82 Å². The molecule has 3 heterocycles. The lowest BCUT2D eigenvalue weighted by Crippen LogP contribution is -2.26. The predicted octanol–water partition coefficient (Wildman–Crippen LogP) is 1.72. The Bertz CT molecular complexity index is 1100. The molecule has 0 saturated carbocycles. The fraction of sp³-hybridized carbons (Fsp3) is 0.222. The van der Waals surface area contributed by atoms with Gasteiger partial charge in [-0.15, -0.1) is 0 Å². The largest absolute Gasteiger partial charge is 0.312 e. The summed E-state index contributed by atoms with van der Waals surface area (Å²) in [5.74, 6) is 0.580. The number of carbonyl (C=O) groups is 1. The highest BCUT2D eigenvalue weighted by atomic mass is 32.2. The standard InChI is InChI=1S/C18H18N4O3S/c1-13(23)21-9-7-14-10-16(5-6-17(14)21)26(24,25)20-12-18-19-11-15-4-2-3-8-22(15)18/h2-6,8,10-11,20H,7,9,12H2,1H3. The number of fused-ring (bicyclic) bond motifs is 2. The summed E-state index contributed by atoms with van der Waals surface area (Å²) in [4.78, 5) is 17.7. The van der Waals surface area contributed by atoms with Gasteiger partial charge in [-0.1, -0.05) is 6.07 Å². The third-order valence-corrected chi connectivity index (χ3v) is 5.97. The van der Waals surface area contributed by atoms with Gasteiger partial charge in [0.05, 0.1) is 23.2 Å². The Kier molecular flexibility index (Phi) is 4.01. The molecule has 26 heavy (non-hydrogen) atoms. The number of nitrogens with one attached hydrogen (secondary N) is 1. The zero-order valence-corrected chi connectivity index (χ0v) is 15.0. The second kappa shape index (κ2) is 6.22. The van der Waals surface area contributed by atoms with Gasteiger partial charge in [-0.05, 0) is 42.3 Å². The minimum Gasteiger partial charge on any atom is -0.312 e. The van der Waals surface area contributed by atoms with Gasteiger partial charge >= 0.3 is 0 Å². The number of sulfonamides is 1. The van der Waals surface area contributed by atoms with Crippen LogP contribution in [0.3, 0.4) is 0 Å². The lowest BCUT2D eigenvalue weighted by molar-refractivity contribution is -0.116. The number of imidazole rings is 1. The number of hydrogen-bond donors (Lipinski definition) is 1. The molecule has 0 bridgehead atoms. The smallest absolute Gasteiger partial charge is 0.240 e. The zero-order valence-electron chi connectivity index (χ0n) is 14.2. The van der Waals surface area contributed by atoms with Gasteiger partial charge in [-0.2, -0.15) is 0 Å². The van der Waals surface area contributed by atoms with Crippen LogP contribution in [-0.4, -0.2) is 30.3 Å². The summed E-state index contributed by atoms with van der Waals surface area (Å²) in [6, 6.07) is 10.6. The van der Waals surface area contributed by atoms with E-state index < -0.39 is 10.0 Å². The Labute approximate surface area is 151 Å². The number of hydrogen-bond acceptors (Lipinski definition) is 4. The Morgan fingerprint density at radius 1 is 1.27 bits per heavy atom. The van der Waals surface area contributed by atoms with Crippen LogP contribution in [0.25, 0.3) is 5.52 Å². The first-order valence-corrected chi connectivity index (χ1v) is 9.76. The van der Waals surface area contributed by atoms with E-state index in [1.165, 1.54) is 13.0 Å². The van der Waals surface area contributed by atoms with Gasteiger partial charge in [-0.25, -0.2) is 18.1 Å². The number of anilines is 1. The second-order valence-corrected chi connectivity index (χ2v) is 7.97. The summed E-state index contributed by atoms with van der Waals surface area (Å²) in [7, 11) is -3.67. The van der Waals surface area contributed by atoms with Gasteiger partial charge in [0.25, 0.3) is 0 Å². The van der Waals surface area contributed by atoms with Gasteiger partial charge in [-0.3, -0.25) is 4.79 Å². The Morgan fingerprint density at radius 3 is 2.92 bits per heavy atom. The molecule has 0 radical (unpaired) electrons. The van der Waals surface area contributed by atoms with Crippen molar-refractivity contribution in [3.05, 3.63) is 60.2 Å². The van der Waals surface area contributed by atoms with Crippen molar-refractivity contribution in [2.24, 2.45) is 0 Å². The molecule has 0 aliphatic carbocycles. The minimum absolute atomic E-state index is 0.0383. The molecule has 0 fully saturated rings. The molecule has 1 aliphatic rings. The summed E-state index contributed by atoms with van der Waals surface area (Å²) in [5.41, 5.74) is 2.56. The predicted molar refractivity (Wildman–Crippen MR) is 97.4 cm³/mol. The number of rotatable bonds is 4. The quantitative estimate of drug-likeness (QED) is 0.758. The second-order valence-electron chi connectivity index (χ2n) is 6.21. The molecule has 4 rings (SSSR count). The summed E-state index contributed by atoms with van der Waals surface area (Å²) in [5, 5.41) is 0. The first-order valence-electron chi connectivity index (χ1n) is 8.27. The van der Waals surface area contributed by atoms with Crippen LogP contribution in [0.15, 0.2) is 53.7 Å². The van der Waals surface area contributed by atoms with Crippen LogP contribution in [-0.2, 0) is 27.8 Å². The van der Waals surface area contributed by atoms with Crippen molar-refractivity contribution in [1.82, 2.24) is 14.1 Å². The van der Waals surface area contributed by atoms with Crippen LogP contribution in [0, 0.1) is 0 Å². The number of pyridine rings is 1. The average molecular weight is 370 g/mol. The molecular formula is C18H18N4O3S. The number of nitrogens with zero attached hydrogens (tertiary/aromatic N) is 3. The van der Waals surface area contributed by atoms with Crippen molar-refractivity contribution in [2.75, 3.05) is 11.4 Å². The van der Waals surface area contributed by atoms with Crippen LogP contribution in [0.1, 0.15) is 18.3 Å². The molecule has 0 atom stereocenters. The van der Waals surface area contributed by atoms with Crippen molar-refractivity contribution in [2.45, 2.75) is 24.8 Å². The van der Waals surface area contributed by atoms with Crippen LogP contribution >= 0.6 is 0 Å². The van der Waals surface area contributed by atoms with E-state index in [1.807, 2.05) is 28.8 Å². The zero-order chi connectivity index (χ0) is 18.3. The monoisotopic (exact) mass is 370 g/mol. The molecule has 1 aliphatic heterocycles. The lowest BCUT2D eigenvalue weighted by Gasteiger charge is -2.15. The minimum atomic E-state index is -3.67. The van der Waals surface area contributed by atoms with E-state index in [0.717, 1.165) is 16.8 Å². The molecule has 3 aromatic rings. The van der Waals surface area contributed by atoms with Crippen molar-refractivity contribution >= 4 is 27.1 Å². The number of amides is 1. The molecule has 1 N–H and O–H groups in total. The van der Waals surface area contributed by atoms with Crippen LogP contribution in [0.4, 0.5) is 5.69 Å². The summed E-state index contributed by atoms with van der Waals surface area (Å²) >= 11 is 0. The molecule has 134 valence electrons. The van der Waals surface area contributed by atoms with Gasteiger partial charge < -0.3 is 9.30 Å².